The van der Waals surface area contributed by atoms with Crippen LogP contribution in [0.2, 0.25) is 0 Å². The Morgan fingerprint density at radius 2 is 1.46 bits per heavy atom. The van der Waals surface area contributed by atoms with Gasteiger partial charge in [0, 0.05) is 99.5 Å². The van der Waals surface area contributed by atoms with Crippen LogP contribution in [-0.2, 0) is 22.1 Å². The Morgan fingerprint density at radius 1 is 0.750 bits per heavy atom. The second-order valence-electron chi connectivity index (χ2n) is 16.2. The molecule has 0 unspecified atom stereocenters. The maximum absolute atomic E-state index is 15.6. The number of hydrogen-bond acceptors (Lipinski definition) is 7. The van der Waals surface area contributed by atoms with Crippen molar-refractivity contribution >= 4 is 29.1 Å². The summed E-state index contributed by atoms with van der Waals surface area (Å²) in [6.45, 7) is 7.15. The van der Waals surface area contributed by atoms with Crippen molar-refractivity contribution in [3.05, 3.63) is 124 Å². The molecule has 0 radical (unpaired) electrons. The summed E-state index contributed by atoms with van der Waals surface area (Å²) in [4.78, 5) is 46.2. The minimum absolute atomic E-state index is 0.0803. The predicted molar refractivity (Wildman–Crippen MR) is 210 cm³/mol. The van der Waals surface area contributed by atoms with E-state index in [0.717, 1.165) is 86.7 Å². The van der Waals surface area contributed by atoms with Gasteiger partial charge in [0.15, 0.2) is 0 Å². The second-order valence-corrected chi connectivity index (χ2v) is 16.2. The molecule has 3 fully saturated rings. The van der Waals surface area contributed by atoms with Gasteiger partial charge in [0.05, 0.1) is 0 Å². The number of rotatable bonds is 7. The van der Waals surface area contributed by atoms with Crippen LogP contribution in [0.15, 0.2) is 91.0 Å². The van der Waals surface area contributed by atoms with Gasteiger partial charge in [-0.3, -0.25) is 24.6 Å². The molecule has 4 aliphatic heterocycles. The van der Waals surface area contributed by atoms with Crippen molar-refractivity contribution in [2.45, 2.75) is 62.4 Å². The molecule has 5 aliphatic rings. The van der Waals surface area contributed by atoms with Crippen LogP contribution in [0, 0.1) is 5.92 Å². The van der Waals surface area contributed by atoms with Crippen molar-refractivity contribution in [3.63, 3.8) is 0 Å². The van der Waals surface area contributed by atoms with Gasteiger partial charge in [-0.25, -0.2) is 8.78 Å². The van der Waals surface area contributed by atoms with E-state index in [1.54, 1.807) is 11.0 Å². The Kier molecular flexibility index (Phi) is 9.51. The monoisotopic (exact) mass is 759 g/mol. The van der Waals surface area contributed by atoms with Crippen molar-refractivity contribution < 1.29 is 28.3 Å². The number of phenolic OH excluding ortho intramolecular Hbond substituents is 1. The molecule has 0 spiro atoms. The molecule has 4 aromatic carbocycles. The summed E-state index contributed by atoms with van der Waals surface area (Å²) in [6.07, 6.45) is 2.50. The molecule has 56 heavy (non-hydrogen) atoms. The molecule has 3 amide bonds. The smallest absolute Gasteiger partial charge is 0.274 e. The standard InChI is InChI=1S/C45H47F2N5O4/c46-45(47)26-38(30-4-2-1-3-5-30)42(37-13-11-35(53)25-39(37)45)31-6-8-33(9-7-31)50-18-16-29(17-19-50)27-49-20-22-51(23-21-49)34-10-12-36-32(24-34)28-52(44(36)56)40-14-15-41(54)48-43(40)55/h1-13,24-25,29,38,40,42,53H,14-23,26-28H2,(H,48,54,55)/t38-,40+,42-/m1/s1. The molecule has 0 saturated carbocycles. The number of hydrogen-bond donors (Lipinski definition) is 2. The van der Waals surface area contributed by atoms with Crippen molar-refractivity contribution in [3.8, 4) is 5.75 Å². The minimum atomic E-state index is -3.04. The lowest BCUT2D eigenvalue weighted by Gasteiger charge is -2.40. The third-order valence-electron chi connectivity index (χ3n) is 12.9. The van der Waals surface area contributed by atoms with Crippen LogP contribution in [0.5, 0.6) is 5.75 Å². The molecular formula is C45H47F2N5O4. The summed E-state index contributed by atoms with van der Waals surface area (Å²) in [5, 5.41) is 12.5. The number of fused-ring (bicyclic) bond motifs is 2. The molecule has 9 nitrogen and oxygen atoms in total. The topological polar surface area (TPSA) is 96.4 Å². The fraction of sp³-hybridized carbons (Fsp3) is 0.400. The molecule has 3 saturated heterocycles. The van der Waals surface area contributed by atoms with Gasteiger partial charge < -0.3 is 19.8 Å². The van der Waals surface area contributed by atoms with E-state index in [-0.39, 0.29) is 47.8 Å². The molecule has 4 heterocycles. The summed E-state index contributed by atoms with van der Waals surface area (Å²) in [5.41, 5.74) is 6.21. The number of phenols is 1. The lowest BCUT2D eigenvalue weighted by molar-refractivity contribution is -0.136. The van der Waals surface area contributed by atoms with Gasteiger partial charge in [-0.2, -0.15) is 0 Å². The number of amides is 3. The zero-order chi connectivity index (χ0) is 38.6. The average molecular weight is 760 g/mol. The summed E-state index contributed by atoms with van der Waals surface area (Å²) < 4.78 is 31.1. The van der Waals surface area contributed by atoms with Gasteiger partial charge >= 0.3 is 0 Å². The maximum atomic E-state index is 15.6. The molecule has 0 aromatic heterocycles. The second kappa shape index (κ2) is 14.7. The highest BCUT2D eigenvalue weighted by atomic mass is 19.3. The summed E-state index contributed by atoms with van der Waals surface area (Å²) in [5.74, 6) is -4.04. The Morgan fingerprint density at radius 3 is 2.20 bits per heavy atom. The van der Waals surface area contributed by atoms with E-state index in [1.807, 2.05) is 42.5 Å². The number of piperazine rings is 1. The molecule has 1 aliphatic carbocycles. The van der Waals surface area contributed by atoms with E-state index < -0.39 is 17.9 Å². The highest BCUT2D eigenvalue weighted by Gasteiger charge is 2.47. The number of nitrogens with zero attached hydrogens (tertiary/aromatic N) is 4. The zero-order valence-corrected chi connectivity index (χ0v) is 31.4. The van der Waals surface area contributed by atoms with E-state index in [0.29, 0.717) is 30.0 Å². The number of anilines is 2. The van der Waals surface area contributed by atoms with E-state index in [1.165, 1.54) is 12.1 Å². The molecule has 290 valence electrons. The van der Waals surface area contributed by atoms with E-state index in [2.05, 4.69) is 50.3 Å². The van der Waals surface area contributed by atoms with Crippen molar-refractivity contribution in [1.29, 1.82) is 0 Å². The largest absolute Gasteiger partial charge is 0.508 e. The van der Waals surface area contributed by atoms with Gasteiger partial charge in [0.1, 0.15) is 11.8 Å². The van der Waals surface area contributed by atoms with Gasteiger partial charge in [-0.15, -0.1) is 0 Å². The van der Waals surface area contributed by atoms with Gasteiger partial charge in [0.2, 0.25) is 11.8 Å². The van der Waals surface area contributed by atoms with Crippen LogP contribution in [-0.4, -0.2) is 84.5 Å². The lowest BCUT2D eigenvalue weighted by Crippen LogP contribution is -2.52. The first kappa shape index (κ1) is 36.4. The molecule has 11 heteroatoms. The van der Waals surface area contributed by atoms with Gasteiger partial charge in [0.25, 0.3) is 11.8 Å². The van der Waals surface area contributed by atoms with Crippen LogP contribution in [0.4, 0.5) is 20.2 Å². The summed E-state index contributed by atoms with van der Waals surface area (Å²) in [6, 6.07) is 27.9. The molecular weight excluding hydrogens is 713 g/mol. The summed E-state index contributed by atoms with van der Waals surface area (Å²) >= 11 is 0. The highest BCUT2D eigenvalue weighted by molar-refractivity contribution is 6.05. The third-order valence-corrected chi connectivity index (χ3v) is 12.9. The Bertz CT molecular complexity index is 2130. The first-order chi connectivity index (χ1) is 27.1. The Labute approximate surface area is 325 Å². The van der Waals surface area contributed by atoms with Crippen LogP contribution >= 0.6 is 0 Å². The number of nitrogens with one attached hydrogen (secondary N) is 1. The molecule has 2 N–H and O–H groups in total. The van der Waals surface area contributed by atoms with Gasteiger partial charge in [-0.05, 0) is 89.9 Å². The first-order valence-electron chi connectivity index (χ1n) is 20.0. The number of piperidine rings is 2. The van der Waals surface area contributed by atoms with E-state index in [9.17, 15) is 19.5 Å². The van der Waals surface area contributed by atoms with Crippen molar-refractivity contribution in [2.24, 2.45) is 5.92 Å². The number of aromatic hydroxyl groups is 1. The fourth-order valence-electron chi connectivity index (χ4n) is 9.85. The SMILES string of the molecule is O=C1CC[C@H](N2Cc3cc(N4CCN(CC5CCN(c6ccc([C@@H]7c8ccc(O)cc8C(F)(F)C[C@@H]7c7ccccc7)cc6)CC5)CC4)ccc3C2=O)C(=O)N1. The Hall–Kier alpha value is -5.29. The lowest BCUT2D eigenvalue weighted by atomic mass is 9.68. The number of benzene rings is 4. The van der Waals surface area contributed by atoms with Crippen LogP contribution < -0.4 is 15.1 Å². The van der Waals surface area contributed by atoms with Crippen LogP contribution in [0.3, 0.4) is 0 Å². The third kappa shape index (κ3) is 6.91. The molecule has 4 aromatic rings. The molecule has 0 bridgehead atoms. The average Bonchev–Trinajstić information content (AvgIpc) is 3.53. The predicted octanol–water partition coefficient (Wildman–Crippen LogP) is 6.60. The van der Waals surface area contributed by atoms with Crippen molar-refractivity contribution in [1.82, 2.24) is 15.1 Å². The molecule has 3 atom stereocenters. The normalized spacial score (nSPS) is 24.2. The maximum Gasteiger partial charge on any atom is 0.274 e. The summed E-state index contributed by atoms with van der Waals surface area (Å²) in [7, 11) is 0. The zero-order valence-electron chi connectivity index (χ0n) is 31.4. The van der Waals surface area contributed by atoms with Crippen molar-refractivity contribution in [2.75, 3.05) is 55.6 Å². The number of carbonyl (C=O) groups is 3. The number of carbonyl (C=O) groups excluding carboxylic acids is 3. The first-order valence-corrected chi connectivity index (χ1v) is 20.0. The minimum Gasteiger partial charge on any atom is -0.508 e. The van der Waals surface area contributed by atoms with E-state index in [4.69, 9.17) is 0 Å². The molecule has 9 rings (SSSR count). The fourth-order valence-corrected chi connectivity index (χ4v) is 9.85. The van der Waals surface area contributed by atoms with E-state index >= 15 is 8.78 Å². The van der Waals surface area contributed by atoms with Gasteiger partial charge in [-0.1, -0.05) is 48.5 Å². The highest BCUT2D eigenvalue weighted by Crippen LogP contribution is 2.55. The number of imide groups is 1. The number of alkyl halides is 2. The Balaban J connectivity index is 0.793. The van der Waals surface area contributed by atoms with Crippen LogP contribution in [0.25, 0.3) is 0 Å². The quantitative estimate of drug-likeness (QED) is 0.205. The van der Waals surface area contributed by atoms with Crippen LogP contribution in [0.1, 0.15) is 82.1 Å². The number of halogens is 2.